The van der Waals surface area contributed by atoms with Crippen LogP contribution in [-0.4, -0.2) is 19.0 Å². The molecule has 5 nitrogen and oxygen atoms in total. The summed E-state index contributed by atoms with van der Waals surface area (Å²) < 4.78 is 19.0. The van der Waals surface area contributed by atoms with Crippen molar-refractivity contribution in [3.63, 3.8) is 0 Å². The maximum atomic E-state index is 14.2. The molecule has 0 unspecified atom stereocenters. The number of carbonyl (C=O) groups excluding carboxylic acids is 2. The zero-order valence-corrected chi connectivity index (χ0v) is 13.4. The molecule has 0 spiro atoms. The topological polar surface area (TPSA) is 67.4 Å². The molecule has 1 aliphatic heterocycles. The molecule has 0 aliphatic carbocycles. The van der Waals surface area contributed by atoms with E-state index in [9.17, 15) is 14.0 Å². The maximum Gasteiger partial charge on any atom is 0.339 e. The lowest BCUT2D eigenvalue weighted by Crippen LogP contribution is -2.12. The number of methoxy groups -OCH3 is 1. The van der Waals surface area contributed by atoms with Crippen LogP contribution >= 0.6 is 0 Å². The van der Waals surface area contributed by atoms with E-state index in [-0.39, 0.29) is 17.2 Å². The van der Waals surface area contributed by atoms with Gasteiger partial charge in [-0.25, -0.2) is 9.18 Å². The van der Waals surface area contributed by atoms with Gasteiger partial charge in [0, 0.05) is 12.1 Å². The minimum absolute atomic E-state index is 0.216. The van der Waals surface area contributed by atoms with E-state index in [1.54, 1.807) is 18.2 Å². The number of carbonyl (C=O) groups is 2. The molecule has 0 fully saturated rings. The van der Waals surface area contributed by atoms with Crippen LogP contribution in [-0.2, 0) is 17.7 Å². The minimum Gasteiger partial charge on any atom is -0.465 e. The molecule has 6 heteroatoms. The lowest BCUT2D eigenvalue weighted by Gasteiger charge is -2.13. The van der Waals surface area contributed by atoms with Crippen LogP contribution in [0.5, 0.6) is 0 Å². The number of anilines is 2. The number of amides is 1. The number of hydrogen-bond donors (Lipinski definition) is 2. The smallest absolute Gasteiger partial charge is 0.339 e. The lowest BCUT2D eigenvalue weighted by atomic mass is 10.0. The Hall–Kier alpha value is -2.89. The van der Waals surface area contributed by atoms with Crippen molar-refractivity contribution in [2.24, 2.45) is 0 Å². The van der Waals surface area contributed by atoms with Crippen LogP contribution in [0, 0.1) is 5.82 Å². The highest BCUT2D eigenvalue weighted by Gasteiger charge is 2.24. The molecule has 0 saturated carbocycles. The van der Waals surface area contributed by atoms with Crippen LogP contribution in [0.2, 0.25) is 0 Å². The Balaban J connectivity index is 2.04. The number of esters is 1. The minimum atomic E-state index is -0.551. The highest BCUT2D eigenvalue weighted by Crippen LogP contribution is 2.29. The molecule has 24 heavy (non-hydrogen) atoms. The van der Waals surface area contributed by atoms with Crippen molar-refractivity contribution in [1.29, 1.82) is 0 Å². The third kappa shape index (κ3) is 2.82. The maximum absolute atomic E-state index is 14.2. The summed E-state index contributed by atoms with van der Waals surface area (Å²) >= 11 is 0. The fraction of sp³-hybridized carbons (Fsp3) is 0.222. The number of aryl methyl sites for hydroxylation is 1. The summed E-state index contributed by atoms with van der Waals surface area (Å²) in [5.41, 5.74) is 2.88. The van der Waals surface area contributed by atoms with Crippen molar-refractivity contribution in [2.45, 2.75) is 19.9 Å². The summed E-state index contributed by atoms with van der Waals surface area (Å²) in [7, 11) is 1.28. The molecule has 1 amide bonds. The quantitative estimate of drug-likeness (QED) is 0.846. The van der Waals surface area contributed by atoms with Gasteiger partial charge in [0.15, 0.2) is 0 Å². The summed E-state index contributed by atoms with van der Waals surface area (Å²) in [5.74, 6) is -1.19. The van der Waals surface area contributed by atoms with Crippen LogP contribution in [0.4, 0.5) is 15.8 Å². The predicted octanol–water partition coefficient (Wildman–Crippen LogP) is 3.16. The van der Waals surface area contributed by atoms with Gasteiger partial charge in [0.05, 0.1) is 24.0 Å². The molecule has 0 aromatic heterocycles. The van der Waals surface area contributed by atoms with E-state index < -0.39 is 11.8 Å². The zero-order valence-electron chi connectivity index (χ0n) is 13.4. The third-order valence-corrected chi connectivity index (χ3v) is 4.04. The van der Waals surface area contributed by atoms with E-state index in [4.69, 9.17) is 4.74 Å². The Morgan fingerprint density at radius 2 is 2.08 bits per heavy atom. The number of hydrogen-bond acceptors (Lipinski definition) is 4. The lowest BCUT2D eigenvalue weighted by molar-refractivity contribution is 0.0601. The molecule has 3 rings (SSSR count). The number of nitrogens with one attached hydrogen (secondary N) is 2. The van der Waals surface area contributed by atoms with Crippen molar-refractivity contribution in [3.05, 3.63) is 58.4 Å². The normalized spacial score (nSPS) is 12.5. The van der Waals surface area contributed by atoms with Crippen LogP contribution in [0.3, 0.4) is 0 Å². The van der Waals surface area contributed by atoms with Crippen molar-refractivity contribution in [3.8, 4) is 0 Å². The Morgan fingerprint density at radius 1 is 1.29 bits per heavy atom. The number of ether oxygens (including phenoxy) is 1. The average Bonchev–Trinajstić information content (AvgIpc) is 2.95. The van der Waals surface area contributed by atoms with E-state index in [1.165, 1.54) is 13.2 Å². The Labute approximate surface area is 138 Å². The zero-order chi connectivity index (χ0) is 17.3. The summed E-state index contributed by atoms with van der Waals surface area (Å²) in [6.45, 7) is 2.30. The highest BCUT2D eigenvalue weighted by atomic mass is 19.1. The molecule has 2 N–H and O–H groups in total. The summed E-state index contributed by atoms with van der Waals surface area (Å²) in [6.07, 6.45) is 0.726. The van der Waals surface area contributed by atoms with Gasteiger partial charge < -0.3 is 15.4 Å². The predicted molar refractivity (Wildman–Crippen MR) is 88.0 cm³/mol. The number of fused-ring (bicyclic) bond motifs is 1. The summed E-state index contributed by atoms with van der Waals surface area (Å²) in [5, 5.41) is 5.60. The van der Waals surface area contributed by atoms with Crippen molar-refractivity contribution >= 4 is 23.3 Å². The second kappa shape index (κ2) is 6.31. The van der Waals surface area contributed by atoms with E-state index >= 15 is 0 Å². The summed E-state index contributed by atoms with van der Waals surface area (Å²) in [6, 6.07) is 8.02. The standard InChI is InChI=1S/C18H17FN2O3/c1-3-10-4-5-15(14(19)6-10)21-16-8-12-11(9-20-17(12)22)7-13(16)18(23)24-2/h4-8,21H,3,9H2,1-2H3,(H,20,22). The van der Waals surface area contributed by atoms with Crippen LogP contribution in [0.15, 0.2) is 30.3 Å². The van der Waals surface area contributed by atoms with Gasteiger partial charge in [-0.05, 0) is 41.8 Å². The first-order valence-corrected chi connectivity index (χ1v) is 7.62. The van der Waals surface area contributed by atoms with Crippen molar-refractivity contribution < 1.29 is 18.7 Å². The fourth-order valence-corrected chi connectivity index (χ4v) is 2.68. The van der Waals surface area contributed by atoms with Gasteiger partial charge in [-0.15, -0.1) is 0 Å². The van der Waals surface area contributed by atoms with Gasteiger partial charge in [-0.3, -0.25) is 4.79 Å². The second-order valence-corrected chi connectivity index (χ2v) is 5.52. The fourth-order valence-electron chi connectivity index (χ4n) is 2.68. The number of benzene rings is 2. The van der Waals surface area contributed by atoms with Gasteiger partial charge in [-0.1, -0.05) is 13.0 Å². The van der Waals surface area contributed by atoms with Crippen molar-refractivity contribution in [2.75, 3.05) is 12.4 Å². The second-order valence-electron chi connectivity index (χ2n) is 5.52. The number of rotatable bonds is 4. The first-order valence-electron chi connectivity index (χ1n) is 7.62. The van der Waals surface area contributed by atoms with Crippen LogP contribution in [0.25, 0.3) is 0 Å². The molecule has 1 aliphatic rings. The first kappa shape index (κ1) is 16.0. The van der Waals surface area contributed by atoms with E-state index in [1.807, 2.05) is 13.0 Å². The molecule has 2 aromatic carbocycles. The number of halogens is 1. The summed E-state index contributed by atoms with van der Waals surface area (Å²) in [4.78, 5) is 23.9. The average molecular weight is 328 g/mol. The Morgan fingerprint density at radius 3 is 2.75 bits per heavy atom. The monoisotopic (exact) mass is 328 g/mol. The van der Waals surface area contributed by atoms with Crippen LogP contribution in [0.1, 0.15) is 38.8 Å². The Bertz CT molecular complexity index is 833. The molecule has 0 bridgehead atoms. The van der Waals surface area contributed by atoms with E-state index in [0.29, 0.717) is 23.4 Å². The molecule has 0 radical (unpaired) electrons. The van der Waals surface area contributed by atoms with Gasteiger partial charge in [0.2, 0.25) is 0 Å². The molecule has 0 saturated heterocycles. The van der Waals surface area contributed by atoms with Gasteiger partial charge >= 0.3 is 5.97 Å². The first-order chi connectivity index (χ1) is 11.5. The van der Waals surface area contributed by atoms with E-state index in [0.717, 1.165) is 12.0 Å². The van der Waals surface area contributed by atoms with Gasteiger partial charge in [0.1, 0.15) is 5.82 Å². The SMILES string of the molecule is CCc1ccc(Nc2cc3c(cc2C(=O)OC)CNC3=O)c(F)c1. The molecular weight excluding hydrogens is 311 g/mol. The molecule has 124 valence electrons. The molecular formula is C18H17FN2O3. The Kier molecular flexibility index (Phi) is 4.20. The molecule has 2 aromatic rings. The molecule has 1 heterocycles. The van der Waals surface area contributed by atoms with Gasteiger partial charge in [-0.2, -0.15) is 0 Å². The van der Waals surface area contributed by atoms with Crippen molar-refractivity contribution in [1.82, 2.24) is 5.32 Å². The largest absolute Gasteiger partial charge is 0.465 e. The van der Waals surface area contributed by atoms with E-state index in [2.05, 4.69) is 10.6 Å². The highest BCUT2D eigenvalue weighted by molar-refractivity contribution is 6.04. The van der Waals surface area contributed by atoms with Crippen LogP contribution < -0.4 is 10.6 Å². The third-order valence-electron chi connectivity index (χ3n) is 4.04. The molecule has 0 atom stereocenters. The van der Waals surface area contributed by atoms with Gasteiger partial charge in [0.25, 0.3) is 5.91 Å².